The number of aryl methyl sites for hydroxylation is 2. The molecule has 0 bridgehead atoms. The summed E-state index contributed by atoms with van der Waals surface area (Å²) in [6.45, 7) is 4.18. The molecule has 0 aliphatic carbocycles. The number of aromatic nitrogens is 3. The number of sulfone groups is 1. The number of rotatable bonds is 7. The van der Waals surface area contributed by atoms with Gasteiger partial charge in [0, 0.05) is 17.5 Å². The molecule has 2 aromatic heterocycles. The maximum absolute atomic E-state index is 12.4. The second-order valence-corrected chi connectivity index (χ2v) is 11.0. The Morgan fingerprint density at radius 1 is 1.31 bits per heavy atom. The number of ether oxygens (including phenoxy) is 1. The van der Waals surface area contributed by atoms with Crippen LogP contribution in [-0.4, -0.2) is 40.6 Å². The molecule has 1 atom stereocenters. The second-order valence-electron chi connectivity index (χ2n) is 7.71. The lowest BCUT2D eigenvalue weighted by molar-refractivity contribution is -0.111. The molecule has 1 aromatic carbocycles. The third-order valence-corrected chi connectivity index (χ3v) is 7.60. The van der Waals surface area contributed by atoms with E-state index in [1.165, 1.54) is 6.08 Å². The van der Waals surface area contributed by atoms with Gasteiger partial charge in [0.25, 0.3) is 0 Å². The van der Waals surface area contributed by atoms with Gasteiger partial charge in [-0.05, 0) is 44.0 Å². The van der Waals surface area contributed by atoms with E-state index in [0.717, 1.165) is 27.7 Å². The molecule has 8 nitrogen and oxygen atoms in total. The van der Waals surface area contributed by atoms with Crippen molar-refractivity contribution in [1.82, 2.24) is 14.8 Å². The minimum Gasteiger partial charge on any atom is -0.487 e. The molecule has 168 valence electrons. The van der Waals surface area contributed by atoms with Crippen LogP contribution in [0, 0.1) is 13.8 Å². The quantitative estimate of drug-likeness (QED) is 0.528. The zero-order valence-electron chi connectivity index (χ0n) is 17.8. The van der Waals surface area contributed by atoms with Crippen molar-refractivity contribution >= 4 is 39.0 Å². The number of carbonyl (C=O) groups is 1. The molecular formula is C22H24N4O4S2. The van der Waals surface area contributed by atoms with E-state index >= 15 is 0 Å². The van der Waals surface area contributed by atoms with Crippen molar-refractivity contribution < 1.29 is 17.9 Å². The second kappa shape index (κ2) is 9.25. The maximum Gasteiger partial charge on any atom is 0.249 e. The summed E-state index contributed by atoms with van der Waals surface area (Å²) in [5.74, 6) is 1.10. The first-order valence-corrected chi connectivity index (χ1v) is 12.9. The van der Waals surface area contributed by atoms with Gasteiger partial charge < -0.3 is 10.1 Å². The van der Waals surface area contributed by atoms with Gasteiger partial charge in [0.2, 0.25) is 5.91 Å². The first-order valence-electron chi connectivity index (χ1n) is 10.2. The SMILES string of the molecule is Cc1cc(NC(=O)/C=C\c2ccc(OCc3csc(C)n3)cc2)n([C@H]2CCS(=O)(=O)C2)n1. The third kappa shape index (κ3) is 5.63. The number of nitrogens with zero attached hydrogens (tertiary/aromatic N) is 3. The molecule has 0 saturated carbocycles. The number of benzene rings is 1. The van der Waals surface area contributed by atoms with Crippen LogP contribution in [0.1, 0.15) is 34.4 Å². The largest absolute Gasteiger partial charge is 0.487 e. The topological polar surface area (TPSA) is 103 Å². The minimum absolute atomic E-state index is 0.0450. The van der Waals surface area contributed by atoms with Crippen molar-refractivity contribution in [1.29, 1.82) is 0 Å². The van der Waals surface area contributed by atoms with E-state index in [4.69, 9.17) is 4.74 Å². The van der Waals surface area contributed by atoms with Gasteiger partial charge in [-0.3, -0.25) is 4.79 Å². The van der Waals surface area contributed by atoms with E-state index in [9.17, 15) is 13.2 Å². The Labute approximate surface area is 190 Å². The van der Waals surface area contributed by atoms with E-state index in [-0.39, 0.29) is 23.5 Å². The normalized spacial score (nSPS) is 17.6. The fourth-order valence-electron chi connectivity index (χ4n) is 3.50. The summed E-state index contributed by atoms with van der Waals surface area (Å²) in [7, 11) is -3.05. The molecule has 0 unspecified atom stereocenters. The number of carbonyl (C=O) groups excluding carboxylic acids is 1. The lowest BCUT2D eigenvalue weighted by Gasteiger charge is -2.13. The van der Waals surface area contributed by atoms with Crippen molar-refractivity contribution in [3.8, 4) is 5.75 Å². The van der Waals surface area contributed by atoms with Crippen molar-refractivity contribution in [2.24, 2.45) is 0 Å². The summed E-state index contributed by atoms with van der Waals surface area (Å²) in [4.78, 5) is 16.8. The summed E-state index contributed by atoms with van der Waals surface area (Å²) in [6.07, 6.45) is 3.64. The molecule has 1 aliphatic rings. The lowest BCUT2D eigenvalue weighted by Crippen LogP contribution is -2.18. The minimum atomic E-state index is -3.05. The molecule has 1 aliphatic heterocycles. The third-order valence-electron chi connectivity index (χ3n) is 5.02. The molecule has 1 amide bonds. The highest BCUT2D eigenvalue weighted by molar-refractivity contribution is 7.91. The number of hydrogen-bond donors (Lipinski definition) is 1. The highest BCUT2D eigenvalue weighted by Crippen LogP contribution is 2.27. The Morgan fingerprint density at radius 3 is 2.75 bits per heavy atom. The number of thiazole rings is 1. The smallest absolute Gasteiger partial charge is 0.249 e. The Morgan fingerprint density at radius 2 is 2.09 bits per heavy atom. The van der Waals surface area contributed by atoms with E-state index in [0.29, 0.717) is 18.8 Å². The van der Waals surface area contributed by atoms with Gasteiger partial charge in [-0.2, -0.15) is 5.10 Å². The standard InChI is InChI=1S/C22H24N4O4S2/c1-15-11-21(26(25-15)19-9-10-32(28,29)14-19)24-22(27)8-5-17-3-6-20(7-4-17)30-12-18-13-31-16(2)23-18/h3-8,11,13,19H,9-10,12,14H2,1-2H3,(H,24,27)/b8-5-/t19-/m0/s1. The van der Waals surface area contributed by atoms with Crippen LogP contribution in [0.2, 0.25) is 0 Å². The predicted octanol–water partition coefficient (Wildman–Crippen LogP) is 3.55. The molecular weight excluding hydrogens is 448 g/mol. The van der Waals surface area contributed by atoms with Crippen molar-refractivity contribution in [2.75, 3.05) is 16.8 Å². The number of amides is 1. The van der Waals surface area contributed by atoms with Gasteiger partial charge in [-0.1, -0.05) is 12.1 Å². The molecule has 10 heteroatoms. The molecule has 4 rings (SSSR count). The maximum atomic E-state index is 12.4. The van der Waals surface area contributed by atoms with E-state index in [1.807, 2.05) is 43.5 Å². The van der Waals surface area contributed by atoms with Gasteiger partial charge in [0.15, 0.2) is 9.84 Å². The van der Waals surface area contributed by atoms with Crippen LogP contribution < -0.4 is 10.1 Å². The summed E-state index contributed by atoms with van der Waals surface area (Å²) >= 11 is 1.59. The molecule has 1 saturated heterocycles. The van der Waals surface area contributed by atoms with E-state index < -0.39 is 9.84 Å². The van der Waals surface area contributed by atoms with Gasteiger partial charge in [0.1, 0.15) is 18.2 Å². The molecule has 0 spiro atoms. The zero-order chi connectivity index (χ0) is 22.7. The average Bonchev–Trinajstić information content (AvgIpc) is 3.43. The van der Waals surface area contributed by atoms with Crippen molar-refractivity contribution in [3.05, 3.63) is 63.7 Å². The van der Waals surface area contributed by atoms with Crippen LogP contribution in [0.25, 0.3) is 6.08 Å². The first kappa shape index (κ1) is 22.2. The Bertz CT molecular complexity index is 1240. The van der Waals surface area contributed by atoms with Crippen LogP contribution in [0.3, 0.4) is 0 Å². The van der Waals surface area contributed by atoms with E-state index in [1.54, 1.807) is 28.2 Å². The van der Waals surface area contributed by atoms with Gasteiger partial charge in [-0.15, -0.1) is 11.3 Å². The lowest BCUT2D eigenvalue weighted by atomic mass is 10.2. The summed E-state index contributed by atoms with van der Waals surface area (Å²) in [5, 5.41) is 10.2. The molecule has 3 heterocycles. The van der Waals surface area contributed by atoms with Gasteiger partial charge in [-0.25, -0.2) is 18.1 Å². The molecule has 3 aromatic rings. The highest BCUT2D eigenvalue weighted by Gasteiger charge is 2.31. The van der Waals surface area contributed by atoms with Gasteiger partial charge in [0.05, 0.1) is 33.9 Å². The first-order chi connectivity index (χ1) is 15.3. The number of nitrogens with one attached hydrogen (secondary N) is 1. The molecule has 1 N–H and O–H groups in total. The van der Waals surface area contributed by atoms with Crippen LogP contribution in [0.15, 0.2) is 41.8 Å². The van der Waals surface area contributed by atoms with Crippen molar-refractivity contribution in [3.63, 3.8) is 0 Å². The molecule has 1 fully saturated rings. The number of hydrogen-bond acceptors (Lipinski definition) is 7. The predicted molar refractivity (Wildman–Crippen MR) is 125 cm³/mol. The molecule has 0 radical (unpaired) electrons. The highest BCUT2D eigenvalue weighted by atomic mass is 32.2. The fraction of sp³-hybridized carbons (Fsp3) is 0.318. The van der Waals surface area contributed by atoms with E-state index in [2.05, 4.69) is 15.4 Å². The Balaban J connectivity index is 1.35. The van der Waals surface area contributed by atoms with Crippen LogP contribution in [0.4, 0.5) is 5.82 Å². The molecule has 32 heavy (non-hydrogen) atoms. The summed E-state index contributed by atoms with van der Waals surface area (Å²) in [5.41, 5.74) is 2.47. The fourth-order valence-corrected chi connectivity index (χ4v) is 5.79. The Kier molecular flexibility index (Phi) is 6.43. The number of anilines is 1. The zero-order valence-corrected chi connectivity index (χ0v) is 19.4. The van der Waals surface area contributed by atoms with Crippen LogP contribution in [0.5, 0.6) is 5.75 Å². The summed E-state index contributed by atoms with van der Waals surface area (Å²) < 4.78 is 30.9. The monoisotopic (exact) mass is 472 g/mol. The van der Waals surface area contributed by atoms with Crippen molar-refractivity contribution in [2.45, 2.75) is 32.9 Å². The van der Waals surface area contributed by atoms with Crippen LogP contribution in [-0.2, 0) is 21.2 Å². The average molecular weight is 473 g/mol. The Hall–Kier alpha value is -2.98. The van der Waals surface area contributed by atoms with Crippen LogP contribution >= 0.6 is 11.3 Å². The van der Waals surface area contributed by atoms with Gasteiger partial charge >= 0.3 is 0 Å². The summed E-state index contributed by atoms with van der Waals surface area (Å²) in [6, 6.07) is 8.90.